The third-order valence-corrected chi connectivity index (χ3v) is 7.14. The lowest BCUT2D eigenvalue weighted by Gasteiger charge is -2.28. The first-order chi connectivity index (χ1) is 15.0. The van der Waals surface area contributed by atoms with Crippen LogP contribution in [0.1, 0.15) is 39.5 Å². The lowest BCUT2D eigenvalue weighted by atomic mass is 10.1. The molecule has 0 saturated carbocycles. The zero-order chi connectivity index (χ0) is 21.8. The Hall–Kier alpha value is -2.51. The number of carbonyl (C=O) groups excluding carboxylic acids is 1. The molecule has 7 heteroatoms. The Bertz CT molecular complexity index is 999. The van der Waals surface area contributed by atoms with E-state index in [2.05, 4.69) is 62.0 Å². The van der Waals surface area contributed by atoms with E-state index < -0.39 is 0 Å². The van der Waals surface area contributed by atoms with Crippen molar-refractivity contribution in [3.63, 3.8) is 0 Å². The van der Waals surface area contributed by atoms with E-state index in [1.54, 1.807) is 17.5 Å². The molecular formula is C24H31N5OS. The first kappa shape index (κ1) is 21.7. The molecule has 0 bridgehead atoms. The van der Waals surface area contributed by atoms with Crippen LogP contribution in [0.5, 0.6) is 0 Å². The number of aromatic nitrogens is 3. The highest BCUT2D eigenvalue weighted by atomic mass is 32.1. The summed E-state index contributed by atoms with van der Waals surface area (Å²) in [4.78, 5) is 19.0. The number of hydrogen-bond donors (Lipinski definition) is 0. The van der Waals surface area contributed by atoms with Gasteiger partial charge in [-0.25, -0.2) is 0 Å². The lowest BCUT2D eigenvalue weighted by Crippen LogP contribution is -2.41. The van der Waals surface area contributed by atoms with Gasteiger partial charge in [-0.05, 0) is 69.8 Å². The Morgan fingerprint density at radius 3 is 2.90 bits per heavy atom. The van der Waals surface area contributed by atoms with E-state index in [9.17, 15) is 4.79 Å². The Labute approximate surface area is 188 Å². The van der Waals surface area contributed by atoms with Gasteiger partial charge in [-0.15, -0.1) is 16.4 Å². The fraction of sp³-hybridized carbons (Fsp3) is 0.458. The summed E-state index contributed by atoms with van der Waals surface area (Å²) in [6, 6.07) is 10.6. The van der Waals surface area contributed by atoms with Crippen molar-refractivity contribution < 1.29 is 4.79 Å². The molecule has 3 aromatic rings. The van der Waals surface area contributed by atoms with Gasteiger partial charge >= 0.3 is 0 Å². The predicted molar refractivity (Wildman–Crippen MR) is 126 cm³/mol. The van der Waals surface area contributed by atoms with Crippen molar-refractivity contribution in [1.29, 1.82) is 0 Å². The largest absolute Gasteiger partial charge is 0.351 e. The molecule has 31 heavy (non-hydrogen) atoms. The molecule has 1 unspecified atom stereocenters. The van der Waals surface area contributed by atoms with Gasteiger partial charge in [0.15, 0.2) is 11.6 Å². The second-order valence-electron chi connectivity index (χ2n) is 8.46. The van der Waals surface area contributed by atoms with Crippen LogP contribution < -0.4 is 4.90 Å². The fourth-order valence-corrected chi connectivity index (χ4v) is 5.33. The van der Waals surface area contributed by atoms with Crippen molar-refractivity contribution in [1.82, 2.24) is 19.7 Å². The van der Waals surface area contributed by atoms with Crippen molar-refractivity contribution in [2.75, 3.05) is 31.6 Å². The number of nitrogens with zero attached hydrogens (tertiary/aromatic N) is 5. The third kappa shape index (κ3) is 5.05. The van der Waals surface area contributed by atoms with Crippen molar-refractivity contribution in [2.45, 2.75) is 45.7 Å². The van der Waals surface area contributed by atoms with Crippen LogP contribution in [0.4, 0.5) is 5.82 Å². The van der Waals surface area contributed by atoms with Gasteiger partial charge in [-0.1, -0.05) is 6.07 Å². The summed E-state index contributed by atoms with van der Waals surface area (Å²) in [6.07, 6.45) is 4.97. The summed E-state index contributed by atoms with van der Waals surface area (Å²) >= 11 is 1.79. The highest BCUT2D eigenvalue weighted by Gasteiger charge is 2.27. The molecule has 0 aliphatic carbocycles. The van der Waals surface area contributed by atoms with Gasteiger partial charge < -0.3 is 9.47 Å². The van der Waals surface area contributed by atoms with Crippen LogP contribution in [0.25, 0.3) is 0 Å². The fourth-order valence-electron chi connectivity index (χ4n) is 4.63. The Morgan fingerprint density at radius 1 is 1.29 bits per heavy atom. The van der Waals surface area contributed by atoms with Gasteiger partial charge in [0.05, 0.1) is 6.54 Å². The summed E-state index contributed by atoms with van der Waals surface area (Å²) in [5.41, 5.74) is 3.09. The Morgan fingerprint density at radius 2 is 2.16 bits per heavy atom. The zero-order valence-electron chi connectivity index (χ0n) is 18.6. The SMILES string of the molecule is Cc1cc(C(=O)CN(C)CC2CCCN2c2cccnn2)c(C)n1CCc1cccs1. The standard InChI is InChI=1S/C24H31N5OS/c1-18-15-22(19(2)28(18)13-10-21-8-6-14-31-21)23(30)17-27(3)16-20-7-5-12-29(20)24-9-4-11-25-26-24/h4,6,8-9,11,14-15,20H,5,7,10,12-13,16-17H2,1-3H3. The molecular weight excluding hydrogens is 406 g/mol. The first-order valence-electron chi connectivity index (χ1n) is 11.0. The molecule has 4 rings (SSSR count). The molecule has 1 atom stereocenters. The molecule has 3 aromatic heterocycles. The van der Waals surface area contributed by atoms with Gasteiger partial charge in [0.1, 0.15) is 0 Å². The number of carbonyl (C=O) groups is 1. The monoisotopic (exact) mass is 437 g/mol. The molecule has 1 saturated heterocycles. The number of thiophene rings is 1. The van der Waals surface area contributed by atoms with Gasteiger partial charge in [0, 0.05) is 53.7 Å². The van der Waals surface area contributed by atoms with Gasteiger partial charge in [-0.2, -0.15) is 5.10 Å². The maximum absolute atomic E-state index is 13.1. The van der Waals surface area contributed by atoms with Crippen LogP contribution in [0.15, 0.2) is 41.9 Å². The molecule has 0 spiro atoms. The number of anilines is 1. The van der Waals surface area contributed by atoms with E-state index in [4.69, 9.17) is 0 Å². The second-order valence-corrected chi connectivity index (χ2v) is 9.49. The highest BCUT2D eigenvalue weighted by molar-refractivity contribution is 7.09. The van der Waals surface area contributed by atoms with E-state index in [1.807, 2.05) is 19.2 Å². The molecule has 0 aromatic carbocycles. The third-order valence-electron chi connectivity index (χ3n) is 6.20. The maximum atomic E-state index is 13.1. The van der Waals surface area contributed by atoms with E-state index in [-0.39, 0.29) is 5.78 Å². The summed E-state index contributed by atoms with van der Waals surface area (Å²) in [7, 11) is 2.04. The summed E-state index contributed by atoms with van der Waals surface area (Å²) < 4.78 is 2.28. The average Bonchev–Trinajstić information content (AvgIpc) is 3.49. The number of Topliss-reactive ketones (excluding diaryl/α,β-unsaturated/α-hetero) is 1. The Balaban J connectivity index is 1.37. The normalized spacial score (nSPS) is 16.4. The summed E-state index contributed by atoms with van der Waals surface area (Å²) in [5, 5.41) is 10.4. The van der Waals surface area contributed by atoms with Gasteiger partial charge in [-0.3, -0.25) is 9.69 Å². The quantitative estimate of drug-likeness (QED) is 0.474. The number of rotatable bonds is 9. The molecule has 1 aliphatic heterocycles. The Kier molecular flexibility index (Phi) is 6.83. The van der Waals surface area contributed by atoms with Crippen LogP contribution in [-0.4, -0.2) is 58.2 Å². The zero-order valence-corrected chi connectivity index (χ0v) is 19.4. The van der Waals surface area contributed by atoms with Crippen LogP contribution in [0.3, 0.4) is 0 Å². The van der Waals surface area contributed by atoms with Crippen molar-refractivity contribution in [2.24, 2.45) is 0 Å². The van der Waals surface area contributed by atoms with Crippen LogP contribution in [0.2, 0.25) is 0 Å². The maximum Gasteiger partial charge on any atom is 0.178 e. The van der Waals surface area contributed by atoms with E-state index in [1.165, 1.54) is 4.88 Å². The molecule has 1 aliphatic rings. The number of aryl methyl sites for hydroxylation is 2. The smallest absolute Gasteiger partial charge is 0.178 e. The topological polar surface area (TPSA) is 54.3 Å². The molecule has 164 valence electrons. The number of likely N-dealkylation sites (N-methyl/N-ethyl adjacent to an activating group) is 1. The minimum absolute atomic E-state index is 0.196. The van der Waals surface area contributed by atoms with Crippen LogP contribution in [0, 0.1) is 13.8 Å². The van der Waals surface area contributed by atoms with E-state index in [0.29, 0.717) is 12.6 Å². The number of hydrogen-bond acceptors (Lipinski definition) is 6. The molecule has 6 nitrogen and oxygen atoms in total. The summed E-state index contributed by atoms with van der Waals surface area (Å²) in [6.45, 7) is 7.35. The van der Waals surface area contributed by atoms with Crippen molar-refractivity contribution >= 4 is 22.9 Å². The summed E-state index contributed by atoms with van der Waals surface area (Å²) in [5.74, 6) is 1.13. The highest BCUT2D eigenvalue weighted by Crippen LogP contribution is 2.24. The molecule has 1 fully saturated rings. The average molecular weight is 438 g/mol. The van der Waals surface area contributed by atoms with E-state index >= 15 is 0 Å². The van der Waals surface area contributed by atoms with E-state index in [0.717, 1.165) is 61.7 Å². The first-order valence-corrected chi connectivity index (χ1v) is 11.9. The molecule has 0 radical (unpaired) electrons. The minimum Gasteiger partial charge on any atom is -0.351 e. The lowest BCUT2D eigenvalue weighted by molar-refractivity contribution is 0.0943. The van der Waals surface area contributed by atoms with Gasteiger partial charge in [0.2, 0.25) is 0 Å². The molecule has 0 N–H and O–H groups in total. The van der Waals surface area contributed by atoms with Crippen LogP contribution in [-0.2, 0) is 13.0 Å². The second kappa shape index (κ2) is 9.75. The van der Waals surface area contributed by atoms with Crippen LogP contribution >= 0.6 is 11.3 Å². The predicted octanol–water partition coefficient (Wildman–Crippen LogP) is 3.98. The molecule has 4 heterocycles. The van der Waals surface area contributed by atoms with Gasteiger partial charge in [0.25, 0.3) is 0 Å². The molecule has 0 amide bonds. The number of ketones is 1. The van der Waals surface area contributed by atoms with Crippen molar-refractivity contribution in [3.8, 4) is 0 Å². The minimum atomic E-state index is 0.196. The van der Waals surface area contributed by atoms with Crippen molar-refractivity contribution in [3.05, 3.63) is 63.7 Å².